The number of rotatable bonds is 8. The number of hydrogen-bond donors (Lipinski definition) is 2. The first-order valence-electron chi connectivity index (χ1n) is 9.47. The van der Waals surface area contributed by atoms with Gasteiger partial charge in [0.2, 0.25) is 11.8 Å². The van der Waals surface area contributed by atoms with Crippen LogP contribution >= 0.6 is 0 Å². The maximum Gasteiger partial charge on any atom is 0.335 e. The van der Waals surface area contributed by atoms with Crippen molar-refractivity contribution in [3.8, 4) is 5.75 Å². The number of aromatic carboxylic acids is 1. The largest absolute Gasteiger partial charge is 0.497 e. The van der Waals surface area contributed by atoms with Crippen LogP contribution in [-0.2, 0) is 22.6 Å². The number of benzene rings is 2. The lowest BCUT2D eigenvalue weighted by Crippen LogP contribution is -2.34. The van der Waals surface area contributed by atoms with Gasteiger partial charge in [-0.2, -0.15) is 0 Å². The van der Waals surface area contributed by atoms with Crippen LogP contribution in [0.15, 0.2) is 48.5 Å². The molecule has 152 valence electrons. The molecule has 7 nitrogen and oxygen atoms in total. The van der Waals surface area contributed by atoms with Gasteiger partial charge in [-0.1, -0.05) is 24.3 Å². The van der Waals surface area contributed by atoms with Gasteiger partial charge in [0.25, 0.3) is 0 Å². The fraction of sp³-hybridized carbons (Fsp3) is 0.318. The highest BCUT2D eigenvalue weighted by Crippen LogP contribution is 2.21. The third kappa shape index (κ3) is 5.34. The second-order valence-corrected chi connectivity index (χ2v) is 7.07. The van der Waals surface area contributed by atoms with Crippen LogP contribution in [-0.4, -0.2) is 48.0 Å². The third-order valence-electron chi connectivity index (χ3n) is 5.00. The number of likely N-dealkylation sites (tertiary alicyclic amines) is 1. The number of nitrogens with zero attached hydrogens (tertiary/aromatic N) is 1. The molecule has 2 aromatic rings. The van der Waals surface area contributed by atoms with Crippen LogP contribution in [0.5, 0.6) is 5.75 Å². The fourth-order valence-electron chi connectivity index (χ4n) is 3.39. The first-order chi connectivity index (χ1) is 14.0. The van der Waals surface area contributed by atoms with Gasteiger partial charge < -0.3 is 20.1 Å². The van der Waals surface area contributed by atoms with Gasteiger partial charge in [-0.3, -0.25) is 9.59 Å². The summed E-state index contributed by atoms with van der Waals surface area (Å²) >= 11 is 0. The molecule has 2 amide bonds. The summed E-state index contributed by atoms with van der Waals surface area (Å²) in [5.74, 6) is -0.767. The van der Waals surface area contributed by atoms with Gasteiger partial charge in [-0.15, -0.1) is 0 Å². The van der Waals surface area contributed by atoms with Crippen molar-refractivity contribution in [1.82, 2.24) is 10.2 Å². The van der Waals surface area contributed by atoms with Crippen molar-refractivity contribution in [3.63, 3.8) is 0 Å². The van der Waals surface area contributed by atoms with E-state index in [0.717, 1.165) is 16.9 Å². The zero-order chi connectivity index (χ0) is 20.8. The zero-order valence-electron chi connectivity index (χ0n) is 16.3. The molecule has 0 aliphatic carbocycles. The van der Waals surface area contributed by atoms with Crippen LogP contribution in [0.4, 0.5) is 0 Å². The van der Waals surface area contributed by atoms with Crippen molar-refractivity contribution < 1.29 is 24.2 Å². The highest BCUT2D eigenvalue weighted by Gasteiger charge is 2.34. The van der Waals surface area contributed by atoms with E-state index in [9.17, 15) is 14.4 Å². The molecule has 2 N–H and O–H groups in total. The monoisotopic (exact) mass is 396 g/mol. The summed E-state index contributed by atoms with van der Waals surface area (Å²) in [6.45, 7) is 1.25. The van der Waals surface area contributed by atoms with E-state index in [1.807, 2.05) is 30.3 Å². The zero-order valence-corrected chi connectivity index (χ0v) is 16.3. The van der Waals surface area contributed by atoms with E-state index in [4.69, 9.17) is 9.84 Å². The fourth-order valence-corrected chi connectivity index (χ4v) is 3.39. The van der Waals surface area contributed by atoms with Gasteiger partial charge in [-0.05, 0) is 41.8 Å². The van der Waals surface area contributed by atoms with Gasteiger partial charge in [0.1, 0.15) is 5.75 Å². The number of methoxy groups -OCH3 is 1. The summed E-state index contributed by atoms with van der Waals surface area (Å²) in [6, 6.07) is 14.2. The Hall–Kier alpha value is -3.35. The maximum absolute atomic E-state index is 12.4. The average molecular weight is 396 g/mol. The number of amides is 2. The number of hydrogen-bond acceptors (Lipinski definition) is 4. The Labute approximate surface area is 169 Å². The van der Waals surface area contributed by atoms with Crippen molar-refractivity contribution in [3.05, 3.63) is 65.2 Å². The average Bonchev–Trinajstić information content (AvgIpc) is 3.09. The maximum atomic E-state index is 12.4. The molecule has 1 unspecified atom stereocenters. The molecule has 1 saturated heterocycles. The number of nitrogens with one attached hydrogen (secondary N) is 1. The highest BCUT2D eigenvalue weighted by molar-refractivity contribution is 5.89. The van der Waals surface area contributed by atoms with E-state index in [1.54, 1.807) is 24.1 Å². The number of ether oxygens (including phenoxy) is 1. The van der Waals surface area contributed by atoms with Crippen molar-refractivity contribution >= 4 is 17.8 Å². The Morgan fingerprint density at radius 3 is 2.62 bits per heavy atom. The lowest BCUT2D eigenvalue weighted by Gasteiger charge is -2.17. The molecule has 1 fully saturated rings. The van der Waals surface area contributed by atoms with Crippen LogP contribution in [0.2, 0.25) is 0 Å². The Bertz CT molecular complexity index is 894. The van der Waals surface area contributed by atoms with E-state index < -0.39 is 5.97 Å². The standard InChI is InChI=1S/C22H24N2O5/c1-29-19-7-5-16(6-8-19)13-24-14-18(12-20(24)25)21(26)23-10-9-15-3-2-4-17(11-15)22(27)28/h2-8,11,18H,9-10,12-14H2,1H3,(H,23,26)(H,27,28). The summed E-state index contributed by atoms with van der Waals surface area (Å²) in [6.07, 6.45) is 0.736. The van der Waals surface area contributed by atoms with E-state index in [2.05, 4.69) is 5.32 Å². The number of carboxylic acids is 1. The van der Waals surface area contributed by atoms with Gasteiger partial charge in [0.15, 0.2) is 0 Å². The quantitative estimate of drug-likeness (QED) is 0.712. The minimum atomic E-state index is -0.975. The Morgan fingerprint density at radius 1 is 1.17 bits per heavy atom. The Kier molecular flexibility index (Phi) is 6.49. The normalized spacial score (nSPS) is 16.0. The summed E-state index contributed by atoms with van der Waals surface area (Å²) in [5.41, 5.74) is 2.05. The molecule has 0 saturated carbocycles. The SMILES string of the molecule is COc1ccc(CN2CC(C(=O)NCCc3cccc(C(=O)O)c3)CC2=O)cc1. The molecule has 29 heavy (non-hydrogen) atoms. The summed E-state index contributed by atoms with van der Waals surface area (Å²) in [4.78, 5) is 37.4. The predicted molar refractivity (Wildman–Crippen MR) is 107 cm³/mol. The van der Waals surface area contributed by atoms with Crippen molar-refractivity contribution in [2.24, 2.45) is 5.92 Å². The molecule has 1 aliphatic heterocycles. The molecule has 1 atom stereocenters. The minimum Gasteiger partial charge on any atom is -0.497 e. The van der Waals surface area contributed by atoms with Gasteiger partial charge in [0, 0.05) is 26.1 Å². The lowest BCUT2D eigenvalue weighted by molar-refractivity contribution is -0.129. The van der Waals surface area contributed by atoms with E-state index in [-0.39, 0.29) is 29.7 Å². The van der Waals surface area contributed by atoms with E-state index in [1.165, 1.54) is 6.07 Å². The smallest absolute Gasteiger partial charge is 0.335 e. The highest BCUT2D eigenvalue weighted by atomic mass is 16.5. The first-order valence-corrected chi connectivity index (χ1v) is 9.47. The van der Waals surface area contributed by atoms with Crippen LogP contribution in [0, 0.1) is 5.92 Å². The molecule has 1 heterocycles. The molecule has 2 aromatic carbocycles. The molecule has 0 radical (unpaired) electrons. The van der Waals surface area contributed by atoms with Crippen LogP contribution < -0.4 is 10.1 Å². The Balaban J connectivity index is 1.48. The van der Waals surface area contributed by atoms with Crippen molar-refractivity contribution in [2.45, 2.75) is 19.4 Å². The van der Waals surface area contributed by atoms with Crippen molar-refractivity contribution in [1.29, 1.82) is 0 Å². The summed E-state index contributed by atoms with van der Waals surface area (Å²) < 4.78 is 5.13. The molecule has 0 spiro atoms. The molecule has 7 heteroatoms. The van der Waals surface area contributed by atoms with E-state index >= 15 is 0 Å². The second-order valence-electron chi connectivity index (χ2n) is 7.07. The van der Waals surface area contributed by atoms with Crippen molar-refractivity contribution in [2.75, 3.05) is 20.2 Å². The third-order valence-corrected chi connectivity index (χ3v) is 5.00. The van der Waals surface area contributed by atoms with Gasteiger partial charge >= 0.3 is 5.97 Å². The second kappa shape index (κ2) is 9.23. The number of carboxylic acid groups (broad SMARTS) is 1. The minimum absolute atomic E-state index is 0.0323. The molecule has 0 aromatic heterocycles. The summed E-state index contributed by atoms with van der Waals surface area (Å²) in [5, 5.41) is 11.9. The molecular formula is C22H24N2O5. The molecule has 0 bridgehead atoms. The lowest BCUT2D eigenvalue weighted by atomic mass is 10.1. The molecular weight excluding hydrogens is 372 g/mol. The number of carbonyl (C=O) groups is 3. The van der Waals surface area contributed by atoms with Gasteiger partial charge in [0.05, 0.1) is 18.6 Å². The van der Waals surface area contributed by atoms with Crippen LogP contribution in [0.3, 0.4) is 0 Å². The Morgan fingerprint density at radius 2 is 1.93 bits per heavy atom. The van der Waals surface area contributed by atoms with Crippen LogP contribution in [0.1, 0.15) is 27.9 Å². The van der Waals surface area contributed by atoms with E-state index in [0.29, 0.717) is 26.1 Å². The molecule has 3 rings (SSSR count). The number of carbonyl (C=O) groups excluding carboxylic acids is 2. The summed E-state index contributed by atoms with van der Waals surface area (Å²) in [7, 11) is 1.60. The first kappa shape index (κ1) is 20.4. The van der Waals surface area contributed by atoms with Gasteiger partial charge in [-0.25, -0.2) is 4.79 Å². The topological polar surface area (TPSA) is 95.9 Å². The predicted octanol–water partition coefficient (Wildman–Crippen LogP) is 2.10. The van der Waals surface area contributed by atoms with Crippen LogP contribution in [0.25, 0.3) is 0 Å². The molecule has 1 aliphatic rings.